The molecule has 3 fully saturated rings. The van der Waals surface area contributed by atoms with Gasteiger partial charge >= 0.3 is 0 Å². The average molecular weight is 196 g/mol. The van der Waals surface area contributed by atoms with Gasteiger partial charge in [-0.05, 0) is 57.8 Å². The summed E-state index contributed by atoms with van der Waals surface area (Å²) in [5.41, 5.74) is -0.421. The van der Waals surface area contributed by atoms with Crippen LogP contribution in [0.4, 0.5) is 0 Å². The molecule has 0 aliphatic heterocycles. The summed E-state index contributed by atoms with van der Waals surface area (Å²) >= 11 is 0. The lowest BCUT2D eigenvalue weighted by molar-refractivity contribution is -0.170. The molecular weight excluding hydrogens is 176 g/mol. The maximum atomic E-state index is 11.3. The van der Waals surface area contributed by atoms with E-state index < -0.39 is 5.60 Å². The molecule has 0 amide bonds. The minimum absolute atomic E-state index is 0.166. The van der Waals surface area contributed by atoms with E-state index in [0.29, 0.717) is 5.92 Å². The summed E-state index contributed by atoms with van der Waals surface area (Å²) in [4.78, 5) is 11.3. The van der Waals surface area contributed by atoms with Crippen LogP contribution >= 0.6 is 0 Å². The van der Waals surface area contributed by atoms with Crippen molar-refractivity contribution in [3.8, 4) is 0 Å². The van der Waals surface area contributed by atoms with Crippen molar-refractivity contribution in [1.29, 1.82) is 0 Å². The topological polar surface area (TPSA) is 26.3 Å². The first-order chi connectivity index (χ1) is 6.66. The molecule has 2 bridgehead atoms. The molecule has 0 aromatic carbocycles. The van der Waals surface area contributed by atoms with E-state index in [2.05, 4.69) is 0 Å². The Labute approximate surface area is 86.0 Å². The molecule has 0 spiro atoms. The van der Waals surface area contributed by atoms with Crippen molar-refractivity contribution in [2.24, 2.45) is 11.8 Å². The second kappa shape index (κ2) is 3.65. The molecule has 0 saturated heterocycles. The molecule has 3 aliphatic carbocycles. The lowest BCUT2D eigenvalue weighted by Crippen LogP contribution is -2.51. The molecule has 3 saturated carbocycles. The van der Waals surface area contributed by atoms with Gasteiger partial charge in [0.25, 0.3) is 0 Å². The highest BCUT2D eigenvalue weighted by atomic mass is 16.5. The Hall–Kier alpha value is -0.370. The van der Waals surface area contributed by atoms with Gasteiger partial charge in [-0.3, -0.25) is 0 Å². The molecule has 1 atom stereocenters. The summed E-state index contributed by atoms with van der Waals surface area (Å²) in [6.07, 6.45) is 7.22. The first kappa shape index (κ1) is 10.2. The quantitative estimate of drug-likeness (QED) is 0.648. The fourth-order valence-electron chi connectivity index (χ4n) is 3.23. The number of ether oxygens (including phenoxy) is 1. The SMILES string of the molecule is CC(C)OC1(C=O)CC2CCC1CC2. The zero-order valence-electron chi connectivity index (χ0n) is 9.16. The third-order valence-corrected chi connectivity index (χ3v) is 3.80. The van der Waals surface area contributed by atoms with E-state index in [4.69, 9.17) is 4.74 Å². The van der Waals surface area contributed by atoms with Crippen LogP contribution in [0.3, 0.4) is 0 Å². The number of carbonyl (C=O) groups is 1. The van der Waals surface area contributed by atoms with Crippen molar-refractivity contribution < 1.29 is 9.53 Å². The van der Waals surface area contributed by atoms with Gasteiger partial charge in [0.1, 0.15) is 5.60 Å². The summed E-state index contributed by atoms with van der Waals surface area (Å²) in [5, 5.41) is 0. The molecule has 80 valence electrons. The van der Waals surface area contributed by atoms with Gasteiger partial charge in [-0.15, -0.1) is 0 Å². The van der Waals surface area contributed by atoms with Crippen LogP contribution in [0, 0.1) is 11.8 Å². The molecule has 14 heavy (non-hydrogen) atoms. The minimum Gasteiger partial charge on any atom is -0.365 e. The molecule has 3 rings (SSSR count). The van der Waals surface area contributed by atoms with E-state index in [-0.39, 0.29) is 6.10 Å². The first-order valence-corrected chi connectivity index (χ1v) is 5.80. The summed E-state index contributed by atoms with van der Waals surface area (Å²) < 4.78 is 5.89. The Morgan fingerprint density at radius 2 is 1.93 bits per heavy atom. The number of aldehydes is 1. The summed E-state index contributed by atoms with van der Waals surface area (Å²) in [7, 11) is 0. The highest BCUT2D eigenvalue weighted by Crippen LogP contribution is 2.48. The smallest absolute Gasteiger partial charge is 0.152 e. The fraction of sp³-hybridized carbons (Fsp3) is 0.917. The van der Waals surface area contributed by atoms with E-state index in [1.165, 1.54) is 25.7 Å². The third kappa shape index (κ3) is 1.60. The van der Waals surface area contributed by atoms with Crippen LogP contribution in [0.1, 0.15) is 46.0 Å². The van der Waals surface area contributed by atoms with Crippen molar-refractivity contribution in [2.75, 3.05) is 0 Å². The molecule has 1 unspecified atom stereocenters. The van der Waals surface area contributed by atoms with Crippen LogP contribution in [0.2, 0.25) is 0 Å². The molecule has 3 aliphatic rings. The highest BCUT2D eigenvalue weighted by molar-refractivity contribution is 5.64. The zero-order chi connectivity index (χ0) is 10.2. The van der Waals surface area contributed by atoms with Gasteiger partial charge in [-0.2, -0.15) is 0 Å². The first-order valence-electron chi connectivity index (χ1n) is 5.80. The van der Waals surface area contributed by atoms with Gasteiger partial charge in [-0.25, -0.2) is 0 Å². The van der Waals surface area contributed by atoms with E-state index in [1.54, 1.807) is 0 Å². The van der Waals surface area contributed by atoms with Gasteiger partial charge in [0.15, 0.2) is 6.29 Å². The maximum absolute atomic E-state index is 11.3. The predicted molar refractivity (Wildman–Crippen MR) is 55.1 cm³/mol. The molecule has 0 radical (unpaired) electrons. The Kier molecular flexibility index (Phi) is 2.65. The van der Waals surface area contributed by atoms with Gasteiger partial charge in [0.2, 0.25) is 0 Å². The number of hydrogen-bond acceptors (Lipinski definition) is 2. The Bertz CT molecular complexity index is 212. The molecule has 0 aromatic rings. The van der Waals surface area contributed by atoms with Crippen molar-refractivity contribution in [3.05, 3.63) is 0 Å². The number of fused-ring (bicyclic) bond motifs is 3. The largest absolute Gasteiger partial charge is 0.365 e. The molecular formula is C12H20O2. The van der Waals surface area contributed by atoms with E-state index >= 15 is 0 Å². The Balaban J connectivity index is 2.15. The zero-order valence-corrected chi connectivity index (χ0v) is 9.16. The summed E-state index contributed by atoms with van der Waals surface area (Å²) in [6, 6.07) is 0. The van der Waals surface area contributed by atoms with Gasteiger partial charge in [0, 0.05) is 0 Å². The van der Waals surface area contributed by atoms with Gasteiger partial charge < -0.3 is 9.53 Å². The molecule has 2 heteroatoms. The second-order valence-corrected chi connectivity index (χ2v) is 5.16. The van der Waals surface area contributed by atoms with Gasteiger partial charge in [-0.1, -0.05) is 0 Å². The molecule has 0 N–H and O–H groups in total. The van der Waals surface area contributed by atoms with Crippen LogP contribution in [0.25, 0.3) is 0 Å². The van der Waals surface area contributed by atoms with Crippen LogP contribution in [0.15, 0.2) is 0 Å². The van der Waals surface area contributed by atoms with E-state index in [1.807, 2.05) is 13.8 Å². The number of hydrogen-bond donors (Lipinski definition) is 0. The third-order valence-electron chi connectivity index (χ3n) is 3.80. The van der Waals surface area contributed by atoms with Crippen LogP contribution < -0.4 is 0 Å². The number of carbonyl (C=O) groups excluding carboxylic acids is 1. The van der Waals surface area contributed by atoms with Gasteiger partial charge in [0.05, 0.1) is 6.10 Å². The van der Waals surface area contributed by atoms with E-state index in [0.717, 1.165) is 18.6 Å². The van der Waals surface area contributed by atoms with Crippen molar-refractivity contribution in [3.63, 3.8) is 0 Å². The minimum atomic E-state index is -0.421. The van der Waals surface area contributed by atoms with Crippen LogP contribution in [0.5, 0.6) is 0 Å². The maximum Gasteiger partial charge on any atom is 0.152 e. The molecule has 0 heterocycles. The average Bonchev–Trinajstić information content (AvgIpc) is 2.18. The van der Waals surface area contributed by atoms with Crippen molar-refractivity contribution >= 4 is 6.29 Å². The lowest BCUT2D eigenvalue weighted by Gasteiger charge is -2.49. The lowest BCUT2D eigenvalue weighted by atomic mass is 9.62. The van der Waals surface area contributed by atoms with Crippen molar-refractivity contribution in [1.82, 2.24) is 0 Å². The fourth-order valence-corrected chi connectivity index (χ4v) is 3.23. The highest BCUT2D eigenvalue weighted by Gasteiger charge is 2.48. The van der Waals surface area contributed by atoms with E-state index in [9.17, 15) is 4.79 Å². The van der Waals surface area contributed by atoms with Crippen LogP contribution in [-0.4, -0.2) is 18.0 Å². The summed E-state index contributed by atoms with van der Waals surface area (Å²) in [6.45, 7) is 4.04. The molecule has 0 aromatic heterocycles. The molecule has 2 nitrogen and oxygen atoms in total. The Morgan fingerprint density at radius 3 is 2.29 bits per heavy atom. The monoisotopic (exact) mass is 196 g/mol. The predicted octanol–water partition coefficient (Wildman–Crippen LogP) is 2.56. The van der Waals surface area contributed by atoms with Crippen LogP contribution in [-0.2, 0) is 9.53 Å². The standard InChI is InChI=1S/C12H20O2/c1-9(2)14-12(8-13)7-10-3-5-11(12)6-4-10/h8-11H,3-7H2,1-2H3. The number of rotatable bonds is 3. The van der Waals surface area contributed by atoms with Crippen molar-refractivity contribution in [2.45, 2.75) is 57.7 Å². The normalized spacial score (nSPS) is 41.6. The second-order valence-electron chi connectivity index (χ2n) is 5.16. The Morgan fingerprint density at radius 1 is 1.29 bits per heavy atom. The summed E-state index contributed by atoms with van der Waals surface area (Å²) in [5.74, 6) is 1.23.